The summed E-state index contributed by atoms with van der Waals surface area (Å²) in [4.78, 5) is -0.364. The highest BCUT2D eigenvalue weighted by molar-refractivity contribution is 7.89. The normalized spacial score (nSPS) is 21.7. The molecular weight excluding hydrogens is 266 g/mol. The number of rotatable bonds is 4. The molecule has 2 unspecified atom stereocenters. The predicted octanol–water partition coefficient (Wildman–Crippen LogP) is 0.823. The molecule has 19 heavy (non-hydrogen) atoms. The highest BCUT2D eigenvalue weighted by Crippen LogP contribution is 2.38. The van der Waals surface area contributed by atoms with Gasteiger partial charge in [0.25, 0.3) is 0 Å². The minimum absolute atomic E-state index is 0.0498. The zero-order valence-electron chi connectivity index (χ0n) is 10.5. The van der Waals surface area contributed by atoms with Gasteiger partial charge in [-0.2, -0.15) is 5.26 Å². The van der Waals surface area contributed by atoms with Gasteiger partial charge in [0.15, 0.2) is 0 Å². The second-order valence-corrected chi connectivity index (χ2v) is 6.30. The van der Waals surface area contributed by atoms with Crippen LogP contribution >= 0.6 is 0 Å². The fourth-order valence-electron chi connectivity index (χ4n) is 1.94. The molecule has 1 saturated carbocycles. The third kappa shape index (κ3) is 2.80. The number of nitrogens with zero attached hydrogens (tertiary/aromatic N) is 1. The van der Waals surface area contributed by atoms with E-state index in [1.807, 2.05) is 0 Å². The fraction of sp³-hybridized carbons (Fsp3) is 0.417. The van der Waals surface area contributed by atoms with E-state index < -0.39 is 10.0 Å². The number of nitrogen functional groups attached to an aromatic ring is 1. The summed E-state index contributed by atoms with van der Waals surface area (Å²) in [5, 5.41) is 14.2. The molecule has 1 aromatic rings. The van der Waals surface area contributed by atoms with Crippen molar-refractivity contribution in [1.29, 1.82) is 5.26 Å². The van der Waals surface area contributed by atoms with Gasteiger partial charge in [0.2, 0.25) is 10.0 Å². The lowest BCUT2D eigenvalue weighted by atomic mass is 10.2. The molecule has 0 amide bonds. The van der Waals surface area contributed by atoms with E-state index in [1.54, 1.807) is 6.07 Å². The first kappa shape index (κ1) is 13.6. The van der Waals surface area contributed by atoms with E-state index in [9.17, 15) is 8.42 Å². The van der Waals surface area contributed by atoms with E-state index in [4.69, 9.17) is 20.9 Å². The van der Waals surface area contributed by atoms with E-state index in [2.05, 4.69) is 6.92 Å². The van der Waals surface area contributed by atoms with Crippen LogP contribution in [0.15, 0.2) is 17.0 Å². The van der Waals surface area contributed by atoms with Gasteiger partial charge >= 0.3 is 0 Å². The number of hydrogen-bond acceptors (Lipinski definition) is 5. The Morgan fingerprint density at radius 3 is 2.63 bits per heavy atom. The van der Waals surface area contributed by atoms with Gasteiger partial charge in [0.05, 0.1) is 12.3 Å². The minimum Gasteiger partial charge on any atom is -0.492 e. The average molecular weight is 281 g/mol. The zero-order chi connectivity index (χ0) is 14.2. The summed E-state index contributed by atoms with van der Waals surface area (Å²) in [5.41, 5.74) is 5.40. The van der Waals surface area contributed by atoms with Crippen molar-refractivity contribution in [2.45, 2.75) is 18.2 Å². The summed E-state index contributed by atoms with van der Waals surface area (Å²) < 4.78 is 28.5. The molecule has 1 aromatic carbocycles. The molecule has 0 aromatic heterocycles. The summed E-state index contributed by atoms with van der Waals surface area (Å²) in [7, 11) is -4.06. The maximum absolute atomic E-state index is 11.5. The molecule has 0 bridgehead atoms. The van der Waals surface area contributed by atoms with Crippen molar-refractivity contribution in [3.63, 3.8) is 0 Å². The lowest BCUT2D eigenvalue weighted by Gasteiger charge is -2.11. The van der Waals surface area contributed by atoms with Crippen LogP contribution in [0.1, 0.15) is 18.9 Å². The van der Waals surface area contributed by atoms with Crippen LogP contribution in [0, 0.1) is 23.2 Å². The highest BCUT2D eigenvalue weighted by Gasteiger charge is 2.33. The van der Waals surface area contributed by atoms with Crippen LogP contribution in [0.2, 0.25) is 0 Å². The lowest BCUT2D eigenvalue weighted by Crippen LogP contribution is -2.17. The van der Waals surface area contributed by atoms with Crippen LogP contribution < -0.4 is 15.6 Å². The van der Waals surface area contributed by atoms with Crippen molar-refractivity contribution in [2.24, 2.45) is 17.0 Å². The van der Waals surface area contributed by atoms with Crippen molar-refractivity contribution in [3.8, 4) is 11.8 Å². The second kappa shape index (κ2) is 4.72. The largest absolute Gasteiger partial charge is 0.492 e. The first-order valence-electron chi connectivity index (χ1n) is 5.82. The number of hydrogen-bond donors (Lipinski definition) is 2. The van der Waals surface area contributed by atoms with Crippen LogP contribution in [-0.2, 0) is 10.0 Å². The van der Waals surface area contributed by atoms with Crippen LogP contribution in [0.5, 0.6) is 5.75 Å². The SMILES string of the molecule is CC1CC1COc1ccc(N)c(S(N)(=O)=O)c1C#N. The van der Waals surface area contributed by atoms with Gasteiger partial charge in [-0.05, 0) is 30.4 Å². The molecule has 0 radical (unpaired) electrons. The monoisotopic (exact) mass is 281 g/mol. The summed E-state index contributed by atoms with van der Waals surface area (Å²) in [5.74, 6) is 1.28. The Hall–Kier alpha value is -1.78. The van der Waals surface area contributed by atoms with Crippen molar-refractivity contribution in [1.82, 2.24) is 0 Å². The van der Waals surface area contributed by atoms with Gasteiger partial charge in [-0.1, -0.05) is 6.92 Å². The molecule has 2 rings (SSSR count). The molecule has 1 aliphatic rings. The Kier molecular flexibility index (Phi) is 3.39. The third-order valence-corrected chi connectivity index (χ3v) is 4.28. The summed E-state index contributed by atoms with van der Waals surface area (Å²) in [6.07, 6.45) is 1.08. The molecule has 102 valence electrons. The predicted molar refractivity (Wildman–Crippen MR) is 69.7 cm³/mol. The number of nitrogens with two attached hydrogens (primary N) is 2. The average Bonchev–Trinajstić information content (AvgIpc) is 3.01. The van der Waals surface area contributed by atoms with Gasteiger partial charge in [-0.3, -0.25) is 0 Å². The second-order valence-electron chi connectivity index (χ2n) is 4.80. The molecule has 0 saturated heterocycles. The Balaban J connectivity index is 2.37. The van der Waals surface area contributed by atoms with E-state index in [0.717, 1.165) is 6.42 Å². The van der Waals surface area contributed by atoms with E-state index >= 15 is 0 Å². The first-order valence-corrected chi connectivity index (χ1v) is 7.37. The molecule has 0 aliphatic heterocycles. The Morgan fingerprint density at radius 2 is 2.16 bits per heavy atom. The number of nitriles is 1. The van der Waals surface area contributed by atoms with Crippen molar-refractivity contribution >= 4 is 15.7 Å². The molecule has 2 atom stereocenters. The van der Waals surface area contributed by atoms with Crippen molar-refractivity contribution in [3.05, 3.63) is 17.7 Å². The fourth-order valence-corrected chi connectivity index (χ4v) is 2.77. The first-order chi connectivity index (χ1) is 8.84. The maximum atomic E-state index is 11.5. The Morgan fingerprint density at radius 1 is 1.53 bits per heavy atom. The zero-order valence-corrected chi connectivity index (χ0v) is 11.3. The molecular formula is C12H15N3O3S. The van der Waals surface area contributed by atoms with Crippen molar-refractivity contribution in [2.75, 3.05) is 12.3 Å². The molecule has 6 nitrogen and oxygen atoms in total. The highest BCUT2D eigenvalue weighted by atomic mass is 32.2. The Labute approximate surface area is 112 Å². The van der Waals surface area contributed by atoms with Gasteiger partial charge in [0, 0.05) is 0 Å². The molecule has 7 heteroatoms. The van der Waals surface area contributed by atoms with Crippen LogP contribution in [0.3, 0.4) is 0 Å². The lowest BCUT2D eigenvalue weighted by molar-refractivity contribution is 0.292. The third-order valence-electron chi connectivity index (χ3n) is 3.28. The summed E-state index contributed by atoms with van der Waals surface area (Å²) in [6.45, 7) is 2.57. The van der Waals surface area contributed by atoms with E-state index in [-0.39, 0.29) is 21.9 Å². The molecule has 1 fully saturated rings. The van der Waals surface area contributed by atoms with Gasteiger partial charge in [-0.15, -0.1) is 0 Å². The van der Waals surface area contributed by atoms with Crippen molar-refractivity contribution < 1.29 is 13.2 Å². The quantitative estimate of drug-likeness (QED) is 0.792. The number of primary sulfonamides is 1. The standard InChI is InChI=1S/C12H15N3O3S/c1-7-4-8(7)6-18-11-3-2-10(14)12(9(11)5-13)19(15,16)17/h2-3,7-8H,4,6,14H2,1H3,(H2,15,16,17). The summed E-state index contributed by atoms with van der Waals surface area (Å²) >= 11 is 0. The smallest absolute Gasteiger partial charge is 0.241 e. The van der Waals surface area contributed by atoms with Crippen LogP contribution in [0.25, 0.3) is 0 Å². The molecule has 4 N–H and O–H groups in total. The molecule has 0 heterocycles. The topological polar surface area (TPSA) is 119 Å². The molecule has 0 spiro atoms. The summed E-state index contributed by atoms with van der Waals surface area (Å²) in [6, 6.07) is 4.68. The molecule has 1 aliphatic carbocycles. The van der Waals surface area contributed by atoms with Gasteiger partial charge < -0.3 is 10.5 Å². The minimum atomic E-state index is -4.06. The maximum Gasteiger partial charge on any atom is 0.241 e. The van der Waals surface area contributed by atoms with Crippen LogP contribution in [-0.4, -0.2) is 15.0 Å². The Bertz CT molecular complexity index is 649. The van der Waals surface area contributed by atoms with Gasteiger partial charge in [-0.25, -0.2) is 13.6 Å². The number of anilines is 1. The number of sulfonamides is 1. The number of ether oxygens (including phenoxy) is 1. The van der Waals surface area contributed by atoms with Gasteiger partial charge in [0.1, 0.15) is 22.3 Å². The van der Waals surface area contributed by atoms with E-state index in [1.165, 1.54) is 12.1 Å². The van der Waals surface area contributed by atoms with Crippen LogP contribution in [0.4, 0.5) is 5.69 Å². The van der Waals surface area contributed by atoms with E-state index in [0.29, 0.717) is 18.4 Å². The number of benzene rings is 1.